The molecular formula is C15H21F3N2S. The molecule has 21 heavy (non-hydrogen) atoms. The third-order valence-electron chi connectivity index (χ3n) is 3.88. The first kappa shape index (κ1) is 16.6. The van der Waals surface area contributed by atoms with Crippen LogP contribution >= 0.6 is 11.8 Å². The molecule has 118 valence electrons. The van der Waals surface area contributed by atoms with Crippen molar-refractivity contribution in [3.05, 3.63) is 29.8 Å². The van der Waals surface area contributed by atoms with Gasteiger partial charge >= 0.3 is 6.18 Å². The number of likely N-dealkylation sites (tertiary alicyclic amines) is 1. The quantitative estimate of drug-likeness (QED) is 0.843. The minimum Gasteiger partial charge on any atom is -0.330 e. The lowest BCUT2D eigenvalue weighted by Crippen LogP contribution is -2.37. The van der Waals surface area contributed by atoms with Gasteiger partial charge < -0.3 is 10.6 Å². The monoisotopic (exact) mass is 318 g/mol. The van der Waals surface area contributed by atoms with E-state index in [-0.39, 0.29) is 0 Å². The fourth-order valence-electron chi connectivity index (χ4n) is 2.50. The predicted molar refractivity (Wildman–Crippen MR) is 80.4 cm³/mol. The summed E-state index contributed by atoms with van der Waals surface area (Å²) in [4.78, 5) is 3.05. The number of hydrogen-bond donors (Lipinski definition) is 1. The van der Waals surface area contributed by atoms with Crippen molar-refractivity contribution >= 4 is 11.8 Å². The van der Waals surface area contributed by atoms with Gasteiger partial charge in [0.05, 0.1) is 5.56 Å². The van der Waals surface area contributed by atoms with Gasteiger partial charge in [0, 0.05) is 17.2 Å². The Balaban J connectivity index is 1.76. The molecule has 0 atom stereocenters. The molecule has 1 aromatic rings. The molecule has 0 saturated carbocycles. The summed E-state index contributed by atoms with van der Waals surface area (Å²) in [5, 5.41) is 0. The molecule has 2 rings (SSSR count). The SMILES string of the molecule is NCC1CCN(CCSc2cccc(C(F)(F)F)c2)CC1. The van der Waals surface area contributed by atoms with E-state index in [4.69, 9.17) is 5.73 Å². The highest BCUT2D eigenvalue weighted by Crippen LogP contribution is 2.31. The zero-order valence-corrected chi connectivity index (χ0v) is 12.7. The average molecular weight is 318 g/mol. The minimum atomic E-state index is -4.26. The van der Waals surface area contributed by atoms with Crippen molar-refractivity contribution in [1.29, 1.82) is 0 Å². The van der Waals surface area contributed by atoms with Crippen LogP contribution in [0.4, 0.5) is 13.2 Å². The largest absolute Gasteiger partial charge is 0.416 e. The topological polar surface area (TPSA) is 29.3 Å². The number of nitrogens with two attached hydrogens (primary N) is 1. The molecule has 0 unspecified atom stereocenters. The summed E-state index contributed by atoms with van der Waals surface area (Å²) < 4.78 is 37.9. The van der Waals surface area contributed by atoms with Gasteiger partial charge in [-0.1, -0.05) is 6.07 Å². The first-order valence-electron chi connectivity index (χ1n) is 7.21. The summed E-state index contributed by atoms with van der Waals surface area (Å²) in [5.41, 5.74) is 5.09. The van der Waals surface area contributed by atoms with Crippen molar-refractivity contribution in [3.63, 3.8) is 0 Å². The molecule has 1 aliphatic rings. The number of alkyl halides is 3. The third kappa shape index (κ3) is 5.20. The number of hydrogen-bond acceptors (Lipinski definition) is 3. The number of halogens is 3. The van der Waals surface area contributed by atoms with Gasteiger partial charge in [0.1, 0.15) is 0 Å². The summed E-state index contributed by atoms with van der Waals surface area (Å²) in [7, 11) is 0. The van der Waals surface area contributed by atoms with Crippen molar-refractivity contribution < 1.29 is 13.2 Å². The van der Waals surface area contributed by atoms with Crippen LogP contribution in [-0.4, -0.2) is 36.8 Å². The molecule has 1 heterocycles. The van der Waals surface area contributed by atoms with Crippen LogP contribution in [-0.2, 0) is 6.18 Å². The Morgan fingerprint density at radius 3 is 2.57 bits per heavy atom. The normalized spacial score (nSPS) is 18.1. The van der Waals surface area contributed by atoms with E-state index in [1.807, 2.05) is 0 Å². The van der Waals surface area contributed by atoms with Crippen LogP contribution in [0.1, 0.15) is 18.4 Å². The lowest BCUT2D eigenvalue weighted by atomic mass is 9.97. The van der Waals surface area contributed by atoms with Crippen LogP contribution in [0.15, 0.2) is 29.2 Å². The van der Waals surface area contributed by atoms with E-state index in [2.05, 4.69) is 4.90 Å². The van der Waals surface area contributed by atoms with Gasteiger partial charge in [-0.25, -0.2) is 0 Å². The first-order valence-corrected chi connectivity index (χ1v) is 8.20. The van der Waals surface area contributed by atoms with Crippen molar-refractivity contribution in [2.75, 3.05) is 31.9 Å². The van der Waals surface area contributed by atoms with Gasteiger partial charge in [0.15, 0.2) is 0 Å². The summed E-state index contributed by atoms with van der Waals surface area (Å²) in [6, 6.07) is 5.55. The first-order chi connectivity index (χ1) is 9.99. The van der Waals surface area contributed by atoms with Gasteiger partial charge in [-0.3, -0.25) is 0 Å². The van der Waals surface area contributed by atoms with E-state index in [1.165, 1.54) is 23.9 Å². The summed E-state index contributed by atoms with van der Waals surface area (Å²) in [6.07, 6.45) is -2.00. The molecular weight excluding hydrogens is 297 g/mol. The molecule has 1 fully saturated rings. The van der Waals surface area contributed by atoms with Crippen LogP contribution < -0.4 is 5.73 Å². The van der Waals surface area contributed by atoms with Crippen LogP contribution in [0.3, 0.4) is 0 Å². The van der Waals surface area contributed by atoms with Crippen molar-refractivity contribution in [3.8, 4) is 0 Å². The highest BCUT2D eigenvalue weighted by atomic mass is 32.2. The molecule has 0 aliphatic carbocycles. The van der Waals surface area contributed by atoms with Crippen molar-refractivity contribution in [2.45, 2.75) is 23.9 Å². The zero-order valence-electron chi connectivity index (χ0n) is 11.9. The molecule has 0 spiro atoms. The number of rotatable bonds is 5. The molecule has 1 aliphatic heterocycles. The number of nitrogens with zero attached hydrogens (tertiary/aromatic N) is 1. The van der Waals surface area contributed by atoms with Crippen LogP contribution in [0.25, 0.3) is 0 Å². The minimum absolute atomic E-state index is 0.573. The third-order valence-corrected chi connectivity index (χ3v) is 4.85. The molecule has 1 aromatic carbocycles. The Labute approximate surface area is 127 Å². The lowest BCUT2D eigenvalue weighted by molar-refractivity contribution is -0.137. The maximum Gasteiger partial charge on any atom is 0.416 e. The Morgan fingerprint density at radius 2 is 1.95 bits per heavy atom. The van der Waals surface area contributed by atoms with Gasteiger partial charge in [0.2, 0.25) is 0 Å². The fraction of sp³-hybridized carbons (Fsp3) is 0.600. The highest BCUT2D eigenvalue weighted by molar-refractivity contribution is 7.99. The van der Waals surface area contributed by atoms with Gasteiger partial charge in [-0.15, -0.1) is 11.8 Å². The molecule has 0 radical (unpaired) electrons. The molecule has 0 aromatic heterocycles. The molecule has 2 nitrogen and oxygen atoms in total. The predicted octanol–water partition coefficient (Wildman–Crippen LogP) is 3.47. The second-order valence-electron chi connectivity index (χ2n) is 5.39. The smallest absolute Gasteiger partial charge is 0.330 e. The Bertz CT molecular complexity index is 443. The molecule has 0 amide bonds. The Morgan fingerprint density at radius 1 is 1.24 bits per heavy atom. The zero-order chi connectivity index (χ0) is 15.3. The highest BCUT2D eigenvalue weighted by Gasteiger charge is 2.30. The summed E-state index contributed by atoms with van der Waals surface area (Å²) >= 11 is 1.48. The lowest BCUT2D eigenvalue weighted by Gasteiger charge is -2.31. The molecule has 2 N–H and O–H groups in total. The number of piperidine rings is 1. The van der Waals surface area contributed by atoms with E-state index < -0.39 is 11.7 Å². The molecule has 0 bridgehead atoms. The van der Waals surface area contributed by atoms with Crippen LogP contribution in [0, 0.1) is 5.92 Å². The number of thioether (sulfide) groups is 1. The average Bonchev–Trinajstić information content (AvgIpc) is 2.47. The Kier molecular flexibility index (Phi) is 5.96. The van der Waals surface area contributed by atoms with Gasteiger partial charge in [-0.2, -0.15) is 13.2 Å². The summed E-state index contributed by atoms with van der Waals surface area (Å²) in [6.45, 7) is 3.76. The molecule has 6 heteroatoms. The number of benzene rings is 1. The molecule has 1 saturated heterocycles. The van der Waals surface area contributed by atoms with E-state index in [0.29, 0.717) is 10.8 Å². The van der Waals surface area contributed by atoms with E-state index in [9.17, 15) is 13.2 Å². The van der Waals surface area contributed by atoms with E-state index in [1.54, 1.807) is 6.07 Å². The maximum absolute atomic E-state index is 12.6. The second kappa shape index (κ2) is 7.51. The summed E-state index contributed by atoms with van der Waals surface area (Å²) in [5.74, 6) is 1.45. The van der Waals surface area contributed by atoms with Crippen molar-refractivity contribution in [2.24, 2.45) is 11.7 Å². The van der Waals surface area contributed by atoms with E-state index >= 15 is 0 Å². The fourth-order valence-corrected chi connectivity index (χ4v) is 3.47. The van der Waals surface area contributed by atoms with Gasteiger partial charge in [-0.05, 0) is 56.6 Å². The van der Waals surface area contributed by atoms with Crippen molar-refractivity contribution in [1.82, 2.24) is 4.90 Å². The van der Waals surface area contributed by atoms with Crippen LogP contribution in [0.2, 0.25) is 0 Å². The Hall–Kier alpha value is -0.720. The van der Waals surface area contributed by atoms with Crippen LogP contribution in [0.5, 0.6) is 0 Å². The van der Waals surface area contributed by atoms with E-state index in [0.717, 1.165) is 50.8 Å². The van der Waals surface area contributed by atoms with Gasteiger partial charge in [0.25, 0.3) is 0 Å². The maximum atomic E-state index is 12.6. The second-order valence-corrected chi connectivity index (χ2v) is 6.56. The standard InChI is InChI=1S/C15H21F3N2S/c16-15(17,18)13-2-1-3-14(10-13)21-9-8-20-6-4-12(11-19)5-7-20/h1-3,10,12H,4-9,11,19H2.